The molecule has 1 aliphatic heterocycles. The Kier molecular flexibility index (Phi) is 5.28. The fourth-order valence-corrected chi connectivity index (χ4v) is 4.23. The van der Waals surface area contributed by atoms with Gasteiger partial charge in [-0.2, -0.15) is 0 Å². The second-order valence-corrected chi connectivity index (χ2v) is 7.60. The molecule has 2 aromatic rings. The number of piperidine rings is 1. The Morgan fingerprint density at radius 2 is 1.85 bits per heavy atom. The molecule has 0 bridgehead atoms. The predicted molar refractivity (Wildman–Crippen MR) is 105 cm³/mol. The average Bonchev–Trinajstić information content (AvgIpc) is 2.80. The van der Waals surface area contributed by atoms with Gasteiger partial charge < -0.3 is 4.74 Å². The van der Waals surface area contributed by atoms with Crippen LogP contribution in [0.2, 0.25) is 5.02 Å². The number of hydrogen-bond donors (Lipinski definition) is 0. The summed E-state index contributed by atoms with van der Waals surface area (Å²) in [5.41, 5.74) is 3.58. The van der Waals surface area contributed by atoms with Crippen molar-refractivity contribution in [2.75, 3.05) is 26.2 Å². The molecule has 136 valence electrons. The normalized spacial score (nSPS) is 17.3. The first-order valence-electron chi connectivity index (χ1n) is 9.52. The highest BCUT2D eigenvalue weighted by molar-refractivity contribution is 6.30. The largest absolute Gasteiger partial charge is 0.492 e. The van der Waals surface area contributed by atoms with Gasteiger partial charge in [-0.15, -0.1) is 0 Å². The van der Waals surface area contributed by atoms with Crippen molar-refractivity contribution < 1.29 is 9.53 Å². The van der Waals surface area contributed by atoms with Crippen LogP contribution >= 0.6 is 11.6 Å². The highest BCUT2D eigenvalue weighted by Crippen LogP contribution is 2.31. The molecular weight excluding hydrogens is 346 g/mol. The van der Waals surface area contributed by atoms with Crippen LogP contribution < -0.4 is 4.74 Å². The maximum absolute atomic E-state index is 13.0. The third kappa shape index (κ3) is 3.65. The molecule has 0 unspecified atom stereocenters. The van der Waals surface area contributed by atoms with Gasteiger partial charge in [0.2, 0.25) is 0 Å². The fraction of sp³-hybridized carbons (Fsp3) is 0.409. The summed E-state index contributed by atoms with van der Waals surface area (Å²) < 4.78 is 6.11. The zero-order valence-electron chi connectivity index (χ0n) is 15.0. The molecular formula is C22H24ClNO2. The number of benzene rings is 2. The lowest BCUT2D eigenvalue weighted by Gasteiger charge is -2.26. The summed E-state index contributed by atoms with van der Waals surface area (Å²) in [5.74, 6) is 0.928. The molecule has 26 heavy (non-hydrogen) atoms. The minimum atomic E-state index is 0.0747. The Hall–Kier alpha value is -1.84. The first-order chi connectivity index (χ1) is 12.7. The van der Waals surface area contributed by atoms with Crippen molar-refractivity contribution in [3.63, 3.8) is 0 Å². The summed E-state index contributed by atoms with van der Waals surface area (Å²) >= 11 is 6.12. The number of carbonyl (C=O) groups excluding carboxylic acids is 1. The van der Waals surface area contributed by atoms with Crippen LogP contribution in [0, 0.1) is 0 Å². The number of halogens is 1. The summed E-state index contributed by atoms with van der Waals surface area (Å²) in [7, 11) is 0. The predicted octanol–water partition coefficient (Wildman–Crippen LogP) is 4.53. The molecule has 0 amide bonds. The second-order valence-electron chi connectivity index (χ2n) is 7.16. The molecule has 1 fully saturated rings. The van der Waals surface area contributed by atoms with Crippen LogP contribution in [0.4, 0.5) is 0 Å². The molecule has 0 saturated carbocycles. The van der Waals surface area contributed by atoms with Gasteiger partial charge in [0.25, 0.3) is 0 Å². The van der Waals surface area contributed by atoms with Crippen LogP contribution in [0.1, 0.15) is 46.3 Å². The number of ketones is 1. The lowest BCUT2D eigenvalue weighted by atomic mass is 9.98. The van der Waals surface area contributed by atoms with E-state index in [4.69, 9.17) is 16.3 Å². The van der Waals surface area contributed by atoms with Gasteiger partial charge in [0.1, 0.15) is 12.4 Å². The quantitative estimate of drug-likeness (QED) is 0.792. The summed E-state index contributed by atoms with van der Waals surface area (Å²) in [6.07, 6.45) is 5.53. The first kappa shape index (κ1) is 17.6. The van der Waals surface area contributed by atoms with Crippen molar-refractivity contribution in [2.45, 2.75) is 32.1 Å². The molecule has 0 N–H and O–H groups in total. The van der Waals surface area contributed by atoms with Crippen LogP contribution in [-0.2, 0) is 12.8 Å². The van der Waals surface area contributed by atoms with E-state index in [2.05, 4.69) is 4.90 Å². The SMILES string of the molecule is O=C1c2ccc(Cl)cc2CCc2c(OCCN3CCCCC3)cccc21. The molecule has 1 aliphatic carbocycles. The molecule has 2 aliphatic rings. The van der Waals surface area contributed by atoms with Crippen LogP contribution in [0.25, 0.3) is 0 Å². The van der Waals surface area contributed by atoms with Gasteiger partial charge >= 0.3 is 0 Å². The Bertz CT molecular complexity index is 812. The van der Waals surface area contributed by atoms with E-state index >= 15 is 0 Å². The van der Waals surface area contributed by atoms with Crippen molar-refractivity contribution >= 4 is 17.4 Å². The van der Waals surface area contributed by atoms with Gasteiger partial charge in [0.05, 0.1) is 0 Å². The van der Waals surface area contributed by atoms with Crippen molar-refractivity contribution in [3.05, 3.63) is 63.7 Å². The number of carbonyl (C=O) groups is 1. The van der Waals surface area contributed by atoms with Crippen LogP contribution in [0.3, 0.4) is 0 Å². The fourth-order valence-electron chi connectivity index (χ4n) is 4.03. The standard InChI is InChI=1S/C22H24ClNO2/c23-17-8-10-18-16(15-17)7-9-19-20(22(18)25)5-4-6-21(19)26-14-13-24-11-2-1-3-12-24/h4-6,8,10,15H,1-3,7,9,11-14H2. The van der Waals surface area contributed by atoms with Gasteiger partial charge in [-0.3, -0.25) is 9.69 Å². The molecule has 2 aromatic carbocycles. The first-order valence-corrected chi connectivity index (χ1v) is 9.90. The molecule has 0 radical (unpaired) electrons. The minimum absolute atomic E-state index is 0.0747. The van der Waals surface area contributed by atoms with Crippen molar-refractivity contribution in [1.82, 2.24) is 4.90 Å². The zero-order valence-corrected chi connectivity index (χ0v) is 15.7. The maximum atomic E-state index is 13.0. The van der Waals surface area contributed by atoms with Crippen molar-refractivity contribution in [1.29, 1.82) is 0 Å². The average molecular weight is 370 g/mol. The Morgan fingerprint density at radius 1 is 1.00 bits per heavy atom. The third-order valence-corrected chi connectivity index (χ3v) is 5.68. The Morgan fingerprint density at radius 3 is 2.69 bits per heavy atom. The number of likely N-dealkylation sites (tertiary alicyclic amines) is 1. The topological polar surface area (TPSA) is 29.5 Å². The minimum Gasteiger partial charge on any atom is -0.492 e. The van der Waals surface area contributed by atoms with Crippen molar-refractivity contribution in [2.24, 2.45) is 0 Å². The van der Waals surface area contributed by atoms with E-state index in [-0.39, 0.29) is 5.78 Å². The summed E-state index contributed by atoms with van der Waals surface area (Å²) in [6, 6.07) is 11.4. The summed E-state index contributed by atoms with van der Waals surface area (Å²) in [6.45, 7) is 3.96. The van der Waals surface area contributed by atoms with Gasteiger partial charge in [0.15, 0.2) is 5.78 Å². The van der Waals surface area contributed by atoms with Crippen molar-refractivity contribution in [3.8, 4) is 5.75 Å². The highest BCUT2D eigenvalue weighted by atomic mass is 35.5. The number of hydrogen-bond acceptors (Lipinski definition) is 3. The van der Waals surface area contributed by atoms with Crippen LogP contribution in [-0.4, -0.2) is 36.9 Å². The summed E-state index contributed by atoms with van der Waals surface area (Å²) in [5, 5.41) is 0.681. The molecule has 4 rings (SSSR count). The lowest BCUT2D eigenvalue weighted by Crippen LogP contribution is -2.33. The van der Waals surface area contributed by atoms with E-state index < -0.39 is 0 Å². The molecule has 1 heterocycles. The molecule has 0 spiro atoms. The monoisotopic (exact) mass is 369 g/mol. The van der Waals surface area contributed by atoms with Gasteiger partial charge in [-0.25, -0.2) is 0 Å². The van der Waals surface area contributed by atoms with Gasteiger partial charge in [-0.1, -0.05) is 30.2 Å². The van der Waals surface area contributed by atoms with E-state index in [1.807, 2.05) is 30.3 Å². The number of aryl methyl sites for hydroxylation is 1. The molecule has 0 aromatic heterocycles. The molecule has 4 heteroatoms. The highest BCUT2D eigenvalue weighted by Gasteiger charge is 2.23. The molecule has 0 atom stereocenters. The van der Waals surface area contributed by atoms with E-state index in [0.29, 0.717) is 11.6 Å². The lowest BCUT2D eigenvalue weighted by molar-refractivity contribution is 0.103. The maximum Gasteiger partial charge on any atom is 0.193 e. The van der Waals surface area contributed by atoms with E-state index in [9.17, 15) is 4.79 Å². The number of rotatable bonds is 4. The van der Waals surface area contributed by atoms with Gasteiger partial charge in [-0.05, 0) is 68.6 Å². The summed E-state index contributed by atoms with van der Waals surface area (Å²) in [4.78, 5) is 15.5. The third-order valence-electron chi connectivity index (χ3n) is 5.45. The second kappa shape index (κ2) is 7.81. The van der Waals surface area contributed by atoms with E-state index in [1.54, 1.807) is 6.07 Å². The zero-order chi connectivity index (χ0) is 17.9. The van der Waals surface area contributed by atoms with Crippen LogP contribution in [0.5, 0.6) is 5.75 Å². The number of ether oxygens (including phenoxy) is 1. The number of nitrogens with zero attached hydrogens (tertiary/aromatic N) is 1. The molecule has 1 saturated heterocycles. The Labute approximate surface area is 159 Å². The molecule has 3 nitrogen and oxygen atoms in total. The van der Waals surface area contributed by atoms with E-state index in [0.717, 1.165) is 47.4 Å². The number of fused-ring (bicyclic) bond motifs is 2. The van der Waals surface area contributed by atoms with Gasteiger partial charge in [0, 0.05) is 28.3 Å². The van der Waals surface area contributed by atoms with Crippen LogP contribution in [0.15, 0.2) is 36.4 Å². The Balaban J connectivity index is 1.52. The smallest absolute Gasteiger partial charge is 0.193 e. The van der Waals surface area contributed by atoms with E-state index in [1.165, 1.54) is 32.4 Å².